The van der Waals surface area contributed by atoms with Gasteiger partial charge in [0.15, 0.2) is 0 Å². The van der Waals surface area contributed by atoms with E-state index in [-0.39, 0.29) is 0 Å². The number of fused-ring (bicyclic) bond motifs is 6. The fraction of sp³-hybridized carbons (Fsp3) is 0.0526. The van der Waals surface area contributed by atoms with Crippen LogP contribution in [0.3, 0.4) is 0 Å². The Morgan fingerprint density at radius 2 is 0.399 bits per heavy atom. The van der Waals surface area contributed by atoms with E-state index in [2.05, 4.69) is 139 Å². The second-order valence-corrected chi connectivity index (χ2v) is 41.4. The van der Waals surface area contributed by atoms with Crippen molar-refractivity contribution < 1.29 is 40.7 Å². The molecule has 0 saturated carbocycles. The van der Waals surface area contributed by atoms with Crippen molar-refractivity contribution in [2.75, 3.05) is 0 Å². The van der Waals surface area contributed by atoms with Gasteiger partial charge in [-0.3, -0.25) is 0 Å². The summed E-state index contributed by atoms with van der Waals surface area (Å²) in [7, 11) is 0. The van der Waals surface area contributed by atoms with E-state index in [0.29, 0.717) is 0 Å². The fourth-order valence-corrected chi connectivity index (χ4v) is 23.5. The molecule has 0 atom stereocenters. The summed E-state index contributed by atoms with van der Waals surface area (Å²) in [5.74, 6) is 10.0. The quantitative estimate of drug-likeness (QED) is 0.0442. The molecule has 6 heterocycles. The SMILES string of the molecule is Cc1ccc2cccc([O][AlH-][O]c3ccc(-c4ccccc4)cc3)c2n1.Cc1ccc2cccc([O][AlH-][O]c3ccccc3)c2n1.Cc1ccc2cccc([O][GaH-][O]c3ccc(-c4ccccc4)cc3)c2n1.Cc1ccc2cccc([O][GaH-][O]c3ccccc3)c2n1.Cc1ccc2cccc([O][InH-][O]c3ccc(-c4ccccc4)cc3)c2n1.Cc1ccc2cccc([O][InH-][O]c3ccccc3)c2n1. The zero-order chi connectivity index (χ0) is 94.7. The molecule has 0 unspecified atom stereocenters. The fourth-order valence-electron chi connectivity index (χ4n) is 14.6. The van der Waals surface area contributed by atoms with Crippen molar-refractivity contribution in [1.82, 2.24) is 29.9 Å². The van der Waals surface area contributed by atoms with Gasteiger partial charge in [0, 0.05) is 33.7 Å². The van der Waals surface area contributed by atoms with Gasteiger partial charge in [0.05, 0.1) is 11.5 Å². The van der Waals surface area contributed by atoms with E-state index >= 15 is 0 Å². The summed E-state index contributed by atoms with van der Waals surface area (Å²) < 4.78 is 70.5. The third-order valence-corrected chi connectivity index (χ3v) is 32.2. The van der Waals surface area contributed by atoms with Gasteiger partial charge in [-0.15, -0.1) is 0 Å². The van der Waals surface area contributed by atoms with E-state index in [1.807, 2.05) is 369 Å². The monoisotopic (exact) mass is 2160 g/mol. The predicted molar refractivity (Wildman–Crippen MR) is 564 cm³/mol. The minimum atomic E-state index is -1.89. The minimum absolute atomic E-state index is 0.791. The van der Waals surface area contributed by atoms with Crippen LogP contribution in [-0.2, 0) is 0 Å². The number of aromatic nitrogens is 6. The van der Waals surface area contributed by atoms with Crippen LogP contribution in [0, 0.1) is 41.5 Å². The molecule has 678 valence electrons. The van der Waals surface area contributed by atoms with Crippen LogP contribution in [0.25, 0.3) is 98.8 Å². The van der Waals surface area contributed by atoms with E-state index in [1.165, 1.54) is 33.4 Å². The molecule has 0 fully saturated rings. The van der Waals surface area contributed by atoms with E-state index in [4.69, 9.17) is 40.7 Å². The van der Waals surface area contributed by atoms with Gasteiger partial charge in [-0.05, 0) is 73.5 Å². The molecule has 21 rings (SSSR count). The Labute approximate surface area is 857 Å². The standard InChI is InChI=1S/3C12H10O.6C10H9NO.3C6H6O.2Al.2Ga.2In.6H/c3*13-12-8-6-11(7-9-12)10-4-2-1-3-5-10;6*1-7-5-6-8-3-2-4-9(12)10(8)11-7;3*7-6-4-2-1-3-5-6;;;;;;;;;;;;/h3*1-9,13H;6*2-6,12H,1H3;3*1-5,7H;;;;;;;;;;;;/q;;;;;;;;;;;;6*+1;;;;;;/p-12. The molecule has 6 aromatic heterocycles. The van der Waals surface area contributed by atoms with Crippen LogP contribution in [0.5, 0.6) is 69.0 Å². The Balaban J connectivity index is 0.000000120. The van der Waals surface area contributed by atoms with E-state index < -0.39 is 116 Å². The number of hydrogen-bond acceptors (Lipinski definition) is 18. The first kappa shape index (κ1) is 97.5. The van der Waals surface area contributed by atoms with Gasteiger partial charge in [0.25, 0.3) is 0 Å². The Kier molecular flexibility index (Phi) is 36.1. The second-order valence-electron chi connectivity index (χ2n) is 31.7. The molecular formula is C114H96Al2Ga2In2N6O12-6. The average Bonchev–Trinajstić information content (AvgIpc) is 0.831. The van der Waals surface area contributed by atoms with Gasteiger partial charge in [0.2, 0.25) is 0 Å². The van der Waals surface area contributed by atoms with Crippen LogP contribution in [0.15, 0.2) is 437 Å². The summed E-state index contributed by atoms with van der Waals surface area (Å²) in [5.41, 5.74) is 18.5. The molecule has 0 amide bonds. The summed E-state index contributed by atoms with van der Waals surface area (Å²) in [6.07, 6.45) is 0. The van der Waals surface area contributed by atoms with Crippen LogP contribution in [0.1, 0.15) is 34.2 Å². The first-order valence-corrected chi connectivity index (χ1v) is 58.9. The van der Waals surface area contributed by atoms with Gasteiger partial charge in [-0.2, -0.15) is 0 Å². The van der Waals surface area contributed by atoms with Crippen molar-refractivity contribution in [1.29, 1.82) is 0 Å². The summed E-state index contributed by atoms with van der Waals surface area (Å²) in [5, 5.41) is 6.53. The molecule has 15 aromatic carbocycles. The molecular weight excluding hydrogens is 2070 g/mol. The summed E-state index contributed by atoms with van der Waals surface area (Å²) in [6, 6.07) is 145. The number of nitrogens with zero attached hydrogens (tertiary/aromatic N) is 6. The number of hydrogen-bond donors (Lipinski definition) is 0. The van der Waals surface area contributed by atoms with Crippen LogP contribution in [0.4, 0.5) is 0 Å². The molecule has 0 saturated heterocycles. The first-order valence-electron chi connectivity index (χ1n) is 45.2. The van der Waals surface area contributed by atoms with Crippen LogP contribution in [-0.4, -0.2) is 146 Å². The maximum atomic E-state index is 6.02. The van der Waals surface area contributed by atoms with Crippen molar-refractivity contribution in [2.24, 2.45) is 0 Å². The summed E-state index contributed by atoms with van der Waals surface area (Å²) in [4.78, 5) is 27.4. The predicted octanol–water partition coefficient (Wildman–Crippen LogP) is 24.6. The Bertz CT molecular complexity index is 6790. The van der Waals surface area contributed by atoms with Gasteiger partial charge >= 0.3 is 615 Å². The number of aryl methyl sites for hydroxylation is 6. The number of para-hydroxylation sites is 9. The zero-order valence-electron chi connectivity index (χ0n) is 77.4. The topological polar surface area (TPSA) is 188 Å². The molecule has 6 radical (unpaired) electrons. The number of benzene rings is 15. The van der Waals surface area contributed by atoms with Crippen molar-refractivity contribution in [2.45, 2.75) is 41.5 Å². The van der Waals surface area contributed by atoms with Gasteiger partial charge in [0.1, 0.15) is 11.0 Å². The molecule has 0 aliphatic carbocycles. The van der Waals surface area contributed by atoms with Crippen molar-refractivity contribution in [3.05, 3.63) is 471 Å². The third kappa shape index (κ3) is 28.8. The molecule has 18 nitrogen and oxygen atoms in total. The Hall–Kier alpha value is -13.6. The average molecular weight is 2170 g/mol. The maximum absolute atomic E-state index is 6.02. The van der Waals surface area contributed by atoms with Gasteiger partial charge in [-0.1, -0.05) is 97.1 Å². The molecule has 138 heavy (non-hydrogen) atoms. The molecule has 0 aliphatic rings. The second kappa shape index (κ2) is 51.0. The molecule has 0 N–H and O–H groups in total. The normalized spacial score (nSPS) is 10.6. The molecule has 0 spiro atoms. The van der Waals surface area contributed by atoms with Crippen LogP contribution >= 0.6 is 0 Å². The zero-order valence-corrected chi connectivity index (χ0v) is 94.2. The van der Waals surface area contributed by atoms with E-state index in [9.17, 15) is 0 Å². The molecule has 21 aromatic rings. The van der Waals surface area contributed by atoms with Crippen LogP contribution < -0.4 is 40.7 Å². The molecule has 0 aliphatic heterocycles. The molecule has 0 bridgehead atoms. The van der Waals surface area contributed by atoms with Crippen LogP contribution in [0.2, 0.25) is 0 Å². The third-order valence-electron chi connectivity index (χ3n) is 21.7. The van der Waals surface area contributed by atoms with Gasteiger partial charge < -0.3 is 15.2 Å². The number of rotatable bonds is 27. The Morgan fingerprint density at radius 3 is 0.717 bits per heavy atom. The van der Waals surface area contributed by atoms with Crippen molar-refractivity contribution in [3.8, 4) is 102 Å². The van der Waals surface area contributed by atoms with Gasteiger partial charge in [-0.25, -0.2) is 9.97 Å². The summed E-state index contributed by atoms with van der Waals surface area (Å²) in [6.45, 7) is 11.9. The number of pyridine rings is 6. The Morgan fingerprint density at radius 1 is 0.174 bits per heavy atom. The van der Waals surface area contributed by atoms with Crippen molar-refractivity contribution >= 4 is 181 Å². The summed E-state index contributed by atoms with van der Waals surface area (Å²) >= 11 is -9.25. The van der Waals surface area contributed by atoms with Crippen molar-refractivity contribution in [3.63, 3.8) is 0 Å². The van der Waals surface area contributed by atoms with E-state index in [0.717, 1.165) is 169 Å². The first-order chi connectivity index (χ1) is 67.9. The molecule has 24 heteroatoms. The van der Waals surface area contributed by atoms with E-state index in [1.54, 1.807) is 0 Å².